The van der Waals surface area contributed by atoms with Crippen LogP contribution in [0.5, 0.6) is 0 Å². The summed E-state index contributed by atoms with van der Waals surface area (Å²) in [6.07, 6.45) is 7.00. The second kappa shape index (κ2) is 6.19. The van der Waals surface area contributed by atoms with Crippen molar-refractivity contribution in [3.63, 3.8) is 0 Å². The van der Waals surface area contributed by atoms with E-state index in [0.29, 0.717) is 0 Å². The molecule has 1 saturated carbocycles. The number of rotatable bonds is 6. The third-order valence-corrected chi connectivity index (χ3v) is 4.20. The summed E-state index contributed by atoms with van der Waals surface area (Å²) in [6.45, 7) is 4.30. The van der Waals surface area contributed by atoms with E-state index in [-0.39, 0.29) is 0 Å². The van der Waals surface area contributed by atoms with Crippen LogP contribution in [0.1, 0.15) is 25.7 Å². The van der Waals surface area contributed by atoms with E-state index < -0.39 is 0 Å². The summed E-state index contributed by atoms with van der Waals surface area (Å²) in [5.74, 6) is 3.43. The van der Waals surface area contributed by atoms with Gasteiger partial charge in [0.15, 0.2) is 0 Å². The Bertz CT molecular complexity index is 399. The first-order valence-corrected chi connectivity index (χ1v) is 7.40. The lowest BCUT2D eigenvalue weighted by Crippen LogP contribution is -2.21. The van der Waals surface area contributed by atoms with Crippen molar-refractivity contribution >= 4 is 11.6 Å². The molecule has 104 valence electrons. The molecule has 5 heteroatoms. The quantitative estimate of drug-likeness (QED) is 0.727. The SMILES string of the molecule is c1nc(NCC2CCC2)cc(NCC2CCNC2)n1. The fourth-order valence-corrected chi connectivity index (χ4v) is 2.63. The van der Waals surface area contributed by atoms with Gasteiger partial charge in [0, 0.05) is 19.2 Å². The monoisotopic (exact) mass is 261 g/mol. The number of aromatic nitrogens is 2. The van der Waals surface area contributed by atoms with Gasteiger partial charge in [-0.15, -0.1) is 0 Å². The van der Waals surface area contributed by atoms with Gasteiger partial charge in [0.1, 0.15) is 18.0 Å². The van der Waals surface area contributed by atoms with Crippen molar-refractivity contribution < 1.29 is 0 Å². The van der Waals surface area contributed by atoms with Crippen LogP contribution >= 0.6 is 0 Å². The van der Waals surface area contributed by atoms with E-state index in [1.54, 1.807) is 6.33 Å². The fourth-order valence-electron chi connectivity index (χ4n) is 2.63. The second-order valence-electron chi connectivity index (χ2n) is 5.71. The average Bonchev–Trinajstić information content (AvgIpc) is 2.88. The minimum Gasteiger partial charge on any atom is -0.370 e. The fraction of sp³-hybridized carbons (Fsp3) is 0.714. The summed E-state index contributed by atoms with van der Waals surface area (Å²) in [7, 11) is 0. The maximum atomic E-state index is 4.28. The Morgan fingerprint density at radius 3 is 2.37 bits per heavy atom. The van der Waals surface area contributed by atoms with Gasteiger partial charge in [0.05, 0.1) is 0 Å². The summed E-state index contributed by atoms with van der Waals surface area (Å²) in [5, 5.41) is 10.2. The van der Waals surface area contributed by atoms with Gasteiger partial charge in [0.2, 0.25) is 0 Å². The molecule has 3 rings (SSSR count). The van der Waals surface area contributed by atoms with Crippen LogP contribution in [0.15, 0.2) is 12.4 Å². The number of nitrogens with one attached hydrogen (secondary N) is 3. The molecule has 1 saturated heterocycles. The zero-order valence-electron chi connectivity index (χ0n) is 11.4. The third kappa shape index (κ3) is 3.56. The Hall–Kier alpha value is -1.36. The average molecular weight is 261 g/mol. The largest absolute Gasteiger partial charge is 0.370 e. The standard InChI is InChI=1S/C14H23N5/c1-2-11(3-1)8-16-13-6-14(19-10-18-13)17-9-12-4-5-15-7-12/h6,10-12,15H,1-5,7-9H2,(H2,16,17,18,19). The maximum absolute atomic E-state index is 4.28. The summed E-state index contributed by atoms with van der Waals surface area (Å²) in [5.41, 5.74) is 0. The molecular weight excluding hydrogens is 238 g/mol. The molecule has 2 fully saturated rings. The van der Waals surface area contributed by atoms with Crippen molar-refractivity contribution in [3.8, 4) is 0 Å². The van der Waals surface area contributed by atoms with Gasteiger partial charge in [-0.2, -0.15) is 0 Å². The van der Waals surface area contributed by atoms with Crippen molar-refractivity contribution in [1.82, 2.24) is 15.3 Å². The van der Waals surface area contributed by atoms with Crippen LogP contribution in [0.25, 0.3) is 0 Å². The Labute approximate surface area is 114 Å². The number of hydrogen-bond acceptors (Lipinski definition) is 5. The minimum absolute atomic E-state index is 0.723. The van der Waals surface area contributed by atoms with Crippen molar-refractivity contribution in [3.05, 3.63) is 12.4 Å². The molecule has 0 spiro atoms. The Kier molecular flexibility index (Phi) is 4.13. The van der Waals surface area contributed by atoms with Gasteiger partial charge < -0.3 is 16.0 Å². The van der Waals surface area contributed by atoms with Gasteiger partial charge in [-0.1, -0.05) is 6.42 Å². The summed E-state index contributed by atoms with van der Waals surface area (Å²) in [6, 6.07) is 2.01. The van der Waals surface area contributed by atoms with Gasteiger partial charge >= 0.3 is 0 Å². The van der Waals surface area contributed by atoms with Crippen LogP contribution in [-0.2, 0) is 0 Å². The van der Waals surface area contributed by atoms with E-state index >= 15 is 0 Å². The first-order valence-electron chi connectivity index (χ1n) is 7.40. The summed E-state index contributed by atoms with van der Waals surface area (Å²) >= 11 is 0. The second-order valence-corrected chi connectivity index (χ2v) is 5.71. The van der Waals surface area contributed by atoms with E-state index in [4.69, 9.17) is 0 Å². The number of hydrogen-bond donors (Lipinski definition) is 3. The molecule has 1 aromatic heterocycles. The molecule has 2 aliphatic rings. The summed E-state index contributed by atoms with van der Waals surface area (Å²) < 4.78 is 0. The molecule has 5 nitrogen and oxygen atoms in total. The van der Waals surface area contributed by atoms with Crippen molar-refractivity contribution in [2.75, 3.05) is 36.8 Å². The van der Waals surface area contributed by atoms with Crippen molar-refractivity contribution in [2.24, 2.45) is 11.8 Å². The first kappa shape index (κ1) is 12.7. The molecule has 3 N–H and O–H groups in total. The Balaban J connectivity index is 1.47. The molecule has 0 amide bonds. The number of nitrogens with zero attached hydrogens (tertiary/aromatic N) is 2. The highest BCUT2D eigenvalue weighted by atomic mass is 15.1. The van der Waals surface area contributed by atoms with Crippen LogP contribution in [0.3, 0.4) is 0 Å². The smallest absolute Gasteiger partial charge is 0.131 e. The Morgan fingerprint density at radius 1 is 1.05 bits per heavy atom. The van der Waals surface area contributed by atoms with Gasteiger partial charge in [-0.25, -0.2) is 9.97 Å². The lowest BCUT2D eigenvalue weighted by Gasteiger charge is -2.25. The van der Waals surface area contributed by atoms with E-state index in [1.165, 1.54) is 25.7 Å². The molecule has 19 heavy (non-hydrogen) atoms. The normalized spacial score (nSPS) is 23.1. The number of anilines is 2. The molecule has 0 radical (unpaired) electrons. The molecule has 2 heterocycles. The predicted molar refractivity (Wildman–Crippen MR) is 77.3 cm³/mol. The van der Waals surface area contributed by atoms with Gasteiger partial charge in [0.25, 0.3) is 0 Å². The zero-order valence-corrected chi connectivity index (χ0v) is 11.4. The predicted octanol–water partition coefficient (Wildman–Crippen LogP) is 1.71. The summed E-state index contributed by atoms with van der Waals surface area (Å²) in [4.78, 5) is 8.55. The van der Waals surface area contributed by atoms with Gasteiger partial charge in [-0.3, -0.25) is 0 Å². The zero-order chi connectivity index (χ0) is 12.9. The highest BCUT2D eigenvalue weighted by molar-refractivity contribution is 5.46. The molecule has 1 aliphatic heterocycles. The maximum Gasteiger partial charge on any atom is 0.131 e. The molecule has 1 aliphatic carbocycles. The van der Waals surface area contributed by atoms with Crippen LogP contribution in [0.4, 0.5) is 11.6 Å². The van der Waals surface area contributed by atoms with Crippen LogP contribution in [0, 0.1) is 11.8 Å². The molecule has 1 aromatic rings. The lowest BCUT2D eigenvalue weighted by atomic mass is 9.85. The molecular formula is C14H23N5. The highest BCUT2D eigenvalue weighted by Crippen LogP contribution is 2.26. The highest BCUT2D eigenvalue weighted by Gasteiger charge is 2.17. The lowest BCUT2D eigenvalue weighted by molar-refractivity contribution is 0.333. The molecule has 0 aromatic carbocycles. The molecule has 1 unspecified atom stereocenters. The first-order chi connectivity index (χ1) is 9.40. The van der Waals surface area contributed by atoms with E-state index in [9.17, 15) is 0 Å². The topological polar surface area (TPSA) is 61.9 Å². The van der Waals surface area contributed by atoms with E-state index in [1.807, 2.05) is 6.07 Å². The van der Waals surface area contributed by atoms with E-state index in [2.05, 4.69) is 25.9 Å². The minimum atomic E-state index is 0.723. The van der Waals surface area contributed by atoms with Crippen molar-refractivity contribution in [2.45, 2.75) is 25.7 Å². The molecule has 1 atom stereocenters. The van der Waals surface area contributed by atoms with Crippen molar-refractivity contribution in [1.29, 1.82) is 0 Å². The molecule has 0 bridgehead atoms. The third-order valence-electron chi connectivity index (χ3n) is 4.20. The van der Waals surface area contributed by atoms with Crippen LogP contribution in [0.2, 0.25) is 0 Å². The van der Waals surface area contributed by atoms with E-state index in [0.717, 1.165) is 49.7 Å². The Morgan fingerprint density at radius 2 is 1.79 bits per heavy atom. The van der Waals surface area contributed by atoms with Crippen LogP contribution < -0.4 is 16.0 Å². The van der Waals surface area contributed by atoms with Crippen LogP contribution in [-0.4, -0.2) is 36.1 Å². The van der Waals surface area contributed by atoms with Gasteiger partial charge in [-0.05, 0) is 44.2 Å².